The third-order valence-corrected chi connectivity index (χ3v) is 5.96. The van der Waals surface area contributed by atoms with E-state index in [9.17, 15) is 4.79 Å². The molecule has 2 aromatic heterocycles. The van der Waals surface area contributed by atoms with E-state index in [1.165, 1.54) is 16.4 Å². The Morgan fingerprint density at radius 1 is 1.09 bits per heavy atom. The quantitative estimate of drug-likeness (QED) is 0.318. The Morgan fingerprint density at radius 3 is 2.64 bits per heavy atom. The van der Waals surface area contributed by atoms with Gasteiger partial charge in [-0.3, -0.25) is 0 Å². The van der Waals surface area contributed by atoms with Gasteiger partial charge in [-0.05, 0) is 24.3 Å². The molecule has 0 saturated heterocycles. The largest absolute Gasteiger partial charge is 0.467 e. The Kier molecular flexibility index (Phi) is 6.17. The first-order valence-corrected chi connectivity index (χ1v) is 14.5. The Morgan fingerprint density at radius 2 is 1.88 bits per heavy atom. The van der Waals surface area contributed by atoms with E-state index in [-0.39, 0.29) is 11.7 Å². The molecule has 33 heavy (non-hydrogen) atoms. The summed E-state index contributed by atoms with van der Waals surface area (Å²) in [6.07, 6.45) is 0. The van der Waals surface area contributed by atoms with Gasteiger partial charge in [0.2, 0.25) is 0 Å². The molecule has 0 atom stereocenters. The Bertz CT molecular complexity index is 1420. The average Bonchev–Trinajstić information content (AvgIpc) is 3.37. The number of hydrogen-bond acceptors (Lipinski definition) is 7. The van der Waals surface area contributed by atoms with Gasteiger partial charge in [0, 0.05) is 29.7 Å². The van der Waals surface area contributed by atoms with Crippen LogP contribution in [0.4, 0.5) is 0 Å². The molecule has 10 heteroatoms. The van der Waals surface area contributed by atoms with E-state index in [0.29, 0.717) is 22.5 Å². The van der Waals surface area contributed by atoms with Crippen LogP contribution in [0.15, 0.2) is 53.3 Å². The van der Waals surface area contributed by atoms with Crippen molar-refractivity contribution in [3.63, 3.8) is 0 Å². The number of ether oxygens (including phenoxy) is 2. The predicted molar refractivity (Wildman–Crippen MR) is 131 cm³/mol. The van der Waals surface area contributed by atoms with Crippen molar-refractivity contribution in [3.8, 4) is 45.5 Å². The zero-order chi connectivity index (χ0) is 23.6. The molecule has 4 rings (SSSR count). The molecule has 0 aliphatic rings. The van der Waals surface area contributed by atoms with Crippen LogP contribution in [0.2, 0.25) is 19.6 Å². The van der Waals surface area contributed by atoms with Crippen LogP contribution in [0, 0.1) is 11.5 Å². The number of rotatable bonds is 5. The summed E-state index contributed by atoms with van der Waals surface area (Å²) >= 11 is 1.13. The zero-order valence-corrected chi connectivity index (χ0v) is 20.8. The summed E-state index contributed by atoms with van der Waals surface area (Å²) < 4.78 is 18.3. The molecule has 0 aliphatic heterocycles. The summed E-state index contributed by atoms with van der Waals surface area (Å²) in [6.45, 7) is 6.63. The van der Waals surface area contributed by atoms with Gasteiger partial charge in [-0.15, -0.1) is 10.6 Å². The number of hydrogen-bond donors (Lipinski definition) is 0. The highest BCUT2D eigenvalue weighted by Gasteiger charge is 2.19. The maximum Gasteiger partial charge on any atom is 0.353 e. The minimum atomic E-state index is -1.47. The van der Waals surface area contributed by atoms with E-state index in [4.69, 9.17) is 9.47 Å². The molecule has 0 fully saturated rings. The molecule has 0 amide bonds. The summed E-state index contributed by atoms with van der Waals surface area (Å²) in [6, 6.07) is 15.1. The Balaban J connectivity index is 1.64. The second kappa shape index (κ2) is 9.05. The second-order valence-corrected chi connectivity index (χ2v) is 13.7. The lowest BCUT2D eigenvalue weighted by Crippen LogP contribution is -2.22. The lowest BCUT2D eigenvalue weighted by molar-refractivity contribution is 0.367. The summed E-state index contributed by atoms with van der Waals surface area (Å²) in [5, 5.41) is 4.44. The van der Waals surface area contributed by atoms with Crippen molar-refractivity contribution >= 4 is 19.6 Å². The number of para-hydroxylation sites is 2. The predicted octanol–water partition coefficient (Wildman–Crippen LogP) is 4.12. The van der Waals surface area contributed by atoms with Crippen LogP contribution in [0.3, 0.4) is 0 Å². The van der Waals surface area contributed by atoms with Gasteiger partial charge in [-0.25, -0.2) is 14.0 Å². The number of methoxy groups -OCH3 is 1. The van der Waals surface area contributed by atoms with Gasteiger partial charge in [0.15, 0.2) is 11.6 Å². The van der Waals surface area contributed by atoms with Crippen LogP contribution in [0.1, 0.15) is 5.56 Å². The van der Waals surface area contributed by atoms with Gasteiger partial charge < -0.3 is 9.47 Å². The van der Waals surface area contributed by atoms with Gasteiger partial charge in [0.1, 0.15) is 8.07 Å². The fourth-order valence-corrected chi connectivity index (χ4v) is 4.05. The monoisotopic (exact) mass is 477 g/mol. The minimum absolute atomic E-state index is 0.160. The van der Waals surface area contributed by atoms with Gasteiger partial charge in [0.05, 0.1) is 12.8 Å². The normalized spacial score (nSPS) is 11.1. The van der Waals surface area contributed by atoms with Gasteiger partial charge >= 0.3 is 11.7 Å². The number of aryl methyl sites for hydroxylation is 1. The average molecular weight is 478 g/mol. The maximum atomic E-state index is 12.6. The maximum absolute atomic E-state index is 12.6. The van der Waals surface area contributed by atoms with E-state index in [2.05, 4.69) is 45.6 Å². The standard InChI is InChI=1S/C23H23N5O3SSi/c1-27-23(29)28(21(25-27)30-2)18-11-6-7-12-19(18)31-22-24-20(26-32-22)17-10-8-9-16(15-17)13-14-33(3,4)5/h6-12,15H,1-5H3. The fraction of sp³-hybridized carbons (Fsp3) is 0.217. The van der Waals surface area contributed by atoms with E-state index in [0.717, 1.165) is 22.7 Å². The minimum Gasteiger partial charge on any atom is -0.467 e. The van der Waals surface area contributed by atoms with E-state index in [1.807, 2.05) is 30.3 Å². The molecule has 0 radical (unpaired) electrons. The molecule has 8 nitrogen and oxygen atoms in total. The van der Waals surface area contributed by atoms with Crippen LogP contribution in [0.5, 0.6) is 17.0 Å². The molecule has 0 aliphatic carbocycles. The van der Waals surface area contributed by atoms with Crippen LogP contribution < -0.4 is 15.2 Å². The highest BCUT2D eigenvalue weighted by atomic mass is 32.1. The van der Waals surface area contributed by atoms with Crippen molar-refractivity contribution < 1.29 is 9.47 Å². The molecule has 2 heterocycles. The van der Waals surface area contributed by atoms with E-state index >= 15 is 0 Å². The second-order valence-electron chi connectivity index (χ2n) is 8.26. The molecular formula is C23H23N5O3SSi. The molecule has 2 aromatic carbocycles. The number of nitrogens with zero attached hydrogens (tertiary/aromatic N) is 5. The molecule has 0 saturated carbocycles. The van der Waals surface area contributed by atoms with Crippen LogP contribution in [0.25, 0.3) is 17.1 Å². The number of aromatic nitrogens is 5. The van der Waals surface area contributed by atoms with E-state index in [1.54, 1.807) is 25.2 Å². The lowest BCUT2D eigenvalue weighted by Gasteiger charge is -2.09. The smallest absolute Gasteiger partial charge is 0.353 e. The zero-order valence-electron chi connectivity index (χ0n) is 19.0. The van der Waals surface area contributed by atoms with Gasteiger partial charge in [-0.2, -0.15) is 9.36 Å². The van der Waals surface area contributed by atoms with Crippen molar-refractivity contribution in [3.05, 3.63) is 64.6 Å². The third kappa shape index (κ3) is 5.05. The lowest BCUT2D eigenvalue weighted by atomic mass is 10.1. The molecule has 0 bridgehead atoms. The Hall–Kier alpha value is -3.68. The first kappa shape index (κ1) is 22.5. The molecule has 168 valence electrons. The first-order valence-electron chi connectivity index (χ1n) is 10.2. The molecule has 4 aromatic rings. The van der Waals surface area contributed by atoms with Crippen molar-refractivity contribution in [1.29, 1.82) is 0 Å². The van der Waals surface area contributed by atoms with Crippen LogP contribution in [-0.2, 0) is 7.05 Å². The van der Waals surface area contributed by atoms with Crippen molar-refractivity contribution in [2.24, 2.45) is 7.05 Å². The summed E-state index contributed by atoms with van der Waals surface area (Å²) in [5.74, 6) is 4.25. The van der Waals surface area contributed by atoms with E-state index < -0.39 is 8.07 Å². The van der Waals surface area contributed by atoms with Crippen molar-refractivity contribution in [2.75, 3.05) is 7.11 Å². The topological polar surface area (TPSA) is 84.1 Å². The molecule has 0 spiro atoms. The highest BCUT2D eigenvalue weighted by molar-refractivity contribution is 7.07. The first-order chi connectivity index (χ1) is 15.7. The summed E-state index contributed by atoms with van der Waals surface area (Å²) in [7, 11) is 1.55. The van der Waals surface area contributed by atoms with Gasteiger partial charge in [-0.1, -0.05) is 49.8 Å². The fourth-order valence-electron chi connectivity index (χ4n) is 2.97. The molecular weight excluding hydrogens is 454 g/mol. The third-order valence-electron chi connectivity index (χ3n) is 4.49. The molecule has 0 N–H and O–H groups in total. The van der Waals surface area contributed by atoms with Crippen LogP contribution >= 0.6 is 11.5 Å². The van der Waals surface area contributed by atoms with Gasteiger partial charge in [0.25, 0.3) is 5.19 Å². The van der Waals surface area contributed by atoms with Crippen molar-refractivity contribution in [2.45, 2.75) is 19.6 Å². The number of benzene rings is 2. The highest BCUT2D eigenvalue weighted by Crippen LogP contribution is 2.32. The Labute approximate surface area is 196 Å². The van der Waals surface area contributed by atoms with Crippen LogP contribution in [-0.4, -0.2) is 38.9 Å². The summed E-state index contributed by atoms with van der Waals surface area (Å²) in [4.78, 5) is 17.1. The summed E-state index contributed by atoms with van der Waals surface area (Å²) in [5.41, 5.74) is 5.31. The van der Waals surface area contributed by atoms with Crippen molar-refractivity contribution in [1.82, 2.24) is 23.7 Å². The molecule has 0 unspecified atom stereocenters. The SMILES string of the molecule is COc1nn(C)c(=O)n1-c1ccccc1Oc1nc(-c2cccc(C#C[Si](C)(C)C)c2)ns1.